The van der Waals surface area contributed by atoms with Crippen molar-refractivity contribution in [3.05, 3.63) is 23.8 Å². The molecule has 1 N–H and O–H groups in total. The monoisotopic (exact) mass is 359 g/mol. The molecule has 0 saturated carbocycles. The Balaban J connectivity index is 1.35. The molecule has 1 amide bonds. The molecule has 2 fully saturated rings. The molecule has 134 valence electrons. The normalized spacial score (nSPS) is 20.1. The van der Waals surface area contributed by atoms with Crippen LogP contribution >= 0.6 is 11.3 Å². The van der Waals surface area contributed by atoms with Crippen LogP contribution in [0.25, 0.3) is 10.2 Å². The minimum Gasteiger partial charge on any atom is -0.381 e. The molecular formula is C19H25N3O2S. The van der Waals surface area contributed by atoms with Crippen LogP contribution in [0.2, 0.25) is 0 Å². The largest absolute Gasteiger partial charge is 0.381 e. The molecule has 1 aromatic heterocycles. The number of thiazole rings is 1. The third-order valence-corrected chi connectivity index (χ3v) is 6.39. The van der Waals surface area contributed by atoms with Crippen LogP contribution < -0.4 is 10.2 Å². The number of carbonyl (C=O) groups is 1. The van der Waals surface area contributed by atoms with Gasteiger partial charge in [0, 0.05) is 38.3 Å². The lowest BCUT2D eigenvalue weighted by atomic mass is 9.95. The number of fused-ring (bicyclic) bond motifs is 1. The Morgan fingerprint density at radius 3 is 2.72 bits per heavy atom. The molecule has 1 aromatic carbocycles. The molecule has 0 radical (unpaired) electrons. The molecule has 0 atom stereocenters. The number of nitrogens with one attached hydrogen (secondary N) is 1. The fourth-order valence-electron chi connectivity index (χ4n) is 3.70. The zero-order chi connectivity index (χ0) is 17.2. The first-order valence-corrected chi connectivity index (χ1v) is 10.0. The molecule has 0 unspecified atom stereocenters. The van der Waals surface area contributed by atoms with Gasteiger partial charge in [-0.15, -0.1) is 0 Å². The van der Waals surface area contributed by atoms with Crippen LogP contribution in [0.1, 0.15) is 31.2 Å². The highest BCUT2D eigenvalue weighted by Crippen LogP contribution is 2.32. The Morgan fingerprint density at radius 2 is 2.00 bits per heavy atom. The van der Waals surface area contributed by atoms with Crippen LogP contribution in [-0.4, -0.2) is 43.2 Å². The van der Waals surface area contributed by atoms with Gasteiger partial charge >= 0.3 is 0 Å². The summed E-state index contributed by atoms with van der Waals surface area (Å²) in [6, 6.07) is 6.63. The highest BCUT2D eigenvalue weighted by molar-refractivity contribution is 7.22. The number of carbonyl (C=O) groups excluding carboxylic acids is 1. The summed E-state index contributed by atoms with van der Waals surface area (Å²) in [5.41, 5.74) is 2.34. The third-order valence-electron chi connectivity index (χ3n) is 5.31. The van der Waals surface area contributed by atoms with Gasteiger partial charge in [-0.25, -0.2) is 4.98 Å². The fraction of sp³-hybridized carbons (Fsp3) is 0.579. The van der Waals surface area contributed by atoms with Gasteiger partial charge in [0.2, 0.25) is 5.91 Å². The lowest BCUT2D eigenvalue weighted by molar-refractivity contribution is -0.126. The van der Waals surface area contributed by atoms with E-state index in [9.17, 15) is 4.79 Å². The number of hydrogen-bond acceptors (Lipinski definition) is 5. The van der Waals surface area contributed by atoms with E-state index in [1.807, 2.05) is 0 Å². The molecule has 6 heteroatoms. The van der Waals surface area contributed by atoms with Gasteiger partial charge in [0.1, 0.15) is 0 Å². The lowest BCUT2D eigenvalue weighted by Gasteiger charge is -2.32. The maximum absolute atomic E-state index is 12.5. The first-order chi connectivity index (χ1) is 12.2. The second kappa shape index (κ2) is 7.30. The summed E-state index contributed by atoms with van der Waals surface area (Å²) in [5, 5.41) is 4.31. The van der Waals surface area contributed by atoms with Gasteiger partial charge in [-0.05, 0) is 44.2 Å². The zero-order valence-electron chi connectivity index (χ0n) is 14.7. The van der Waals surface area contributed by atoms with Crippen molar-refractivity contribution in [2.45, 2.75) is 38.6 Å². The molecule has 0 aliphatic carbocycles. The molecule has 3 heterocycles. The number of anilines is 1. The van der Waals surface area contributed by atoms with Gasteiger partial charge in [-0.2, -0.15) is 0 Å². The number of hydrogen-bond donors (Lipinski definition) is 1. The minimum atomic E-state index is 0.134. The number of aromatic nitrogens is 1. The van der Waals surface area contributed by atoms with Crippen molar-refractivity contribution in [1.82, 2.24) is 10.3 Å². The van der Waals surface area contributed by atoms with Crippen molar-refractivity contribution >= 4 is 32.6 Å². The second-order valence-corrected chi connectivity index (χ2v) is 8.08. The fourth-order valence-corrected chi connectivity index (χ4v) is 4.80. The zero-order valence-corrected chi connectivity index (χ0v) is 15.5. The van der Waals surface area contributed by atoms with Crippen molar-refractivity contribution in [2.75, 3.05) is 31.2 Å². The van der Waals surface area contributed by atoms with Gasteiger partial charge in [-0.1, -0.05) is 23.5 Å². The van der Waals surface area contributed by atoms with E-state index < -0.39 is 0 Å². The Morgan fingerprint density at radius 1 is 1.24 bits per heavy atom. The Kier molecular flexibility index (Phi) is 4.90. The number of amides is 1. The average molecular weight is 359 g/mol. The number of aryl methyl sites for hydroxylation is 1. The van der Waals surface area contributed by atoms with Crippen LogP contribution in [0.5, 0.6) is 0 Å². The van der Waals surface area contributed by atoms with E-state index in [1.165, 1.54) is 10.3 Å². The van der Waals surface area contributed by atoms with Crippen LogP contribution in [-0.2, 0) is 9.53 Å². The molecule has 2 aliphatic rings. The quantitative estimate of drug-likeness (QED) is 0.915. The maximum Gasteiger partial charge on any atom is 0.223 e. The lowest BCUT2D eigenvalue weighted by Crippen LogP contribution is -2.45. The summed E-state index contributed by atoms with van der Waals surface area (Å²) in [5.74, 6) is 0.363. The number of rotatable bonds is 3. The number of benzene rings is 1. The van der Waals surface area contributed by atoms with Gasteiger partial charge in [-0.3, -0.25) is 4.79 Å². The van der Waals surface area contributed by atoms with Gasteiger partial charge in [0.25, 0.3) is 0 Å². The molecule has 2 aromatic rings. The molecule has 2 aliphatic heterocycles. The van der Waals surface area contributed by atoms with E-state index in [0.29, 0.717) is 6.04 Å². The second-order valence-electron chi connectivity index (χ2n) is 7.07. The SMILES string of the molecule is Cc1cccc2sc(N3CCC(C(=O)NC4CCOCC4)CC3)nc12. The van der Waals surface area contributed by atoms with E-state index in [1.54, 1.807) is 11.3 Å². The van der Waals surface area contributed by atoms with Crippen molar-refractivity contribution in [1.29, 1.82) is 0 Å². The first-order valence-electron chi connectivity index (χ1n) is 9.20. The average Bonchev–Trinajstić information content (AvgIpc) is 3.08. The van der Waals surface area contributed by atoms with Crippen molar-refractivity contribution in [2.24, 2.45) is 5.92 Å². The predicted molar refractivity (Wildman–Crippen MR) is 101 cm³/mol. The Hall–Kier alpha value is -1.66. The highest BCUT2D eigenvalue weighted by Gasteiger charge is 2.28. The summed E-state index contributed by atoms with van der Waals surface area (Å²) in [6.45, 7) is 5.45. The molecule has 0 spiro atoms. The van der Waals surface area contributed by atoms with Crippen LogP contribution in [0.3, 0.4) is 0 Å². The predicted octanol–water partition coefficient (Wildman–Crippen LogP) is 3.12. The molecule has 0 bridgehead atoms. The summed E-state index contributed by atoms with van der Waals surface area (Å²) < 4.78 is 6.60. The van der Waals surface area contributed by atoms with Gasteiger partial charge in [0.05, 0.1) is 10.2 Å². The van der Waals surface area contributed by atoms with Gasteiger partial charge in [0.15, 0.2) is 5.13 Å². The molecule has 4 rings (SSSR count). The van der Waals surface area contributed by atoms with E-state index in [0.717, 1.165) is 62.6 Å². The van der Waals surface area contributed by atoms with E-state index in [-0.39, 0.29) is 11.8 Å². The standard InChI is InChI=1S/C19H25N3O2S/c1-13-3-2-4-16-17(13)21-19(25-16)22-9-5-14(6-10-22)18(23)20-15-7-11-24-12-8-15/h2-4,14-15H,5-12H2,1H3,(H,20,23). The topological polar surface area (TPSA) is 54.5 Å². The molecule has 2 saturated heterocycles. The van der Waals surface area contributed by atoms with Crippen molar-refractivity contribution in [3.8, 4) is 0 Å². The smallest absolute Gasteiger partial charge is 0.223 e. The van der Waals surface area contributed by atoms with Crippen molar-refractivity contribution < 1.29 is 9.53 Å². The molecule has 5 nitrogen and oxygen atoms in total. The van der Waals surface area contributed by atoms with E-state index in [2.05, 4.69) is 35.3 Å². The minimum absolute atomic E-state index is 0.134. The first kappa shape index (κ1) is 16.8. The van der Waals surface area contributed by atoms with E-state index >= 15 is 0 Å². The number of para-hydroxylation sites is 1. The Bertz CT molecular complexity index is 746. The maximum atomic E-state index is 12.5. The van der Waals surface area contributed by atoms with E-state index in [4.69, 9.17) is 9.72 Å². The van der Waals surface area contributed by atoms with Crippen LogP contribution in [0, 0.1) is 12.8 Å². The number of piperidine rings is 1. The summed E-state index contributed by atoms with van der Waals surface area (Å²) in [7, 11) is 0. The third kappa shape index (κ3) is 3.65. The summed E-state index contributed by atoms with van der Waals surface area (Å²) in [4.78, 5) is 19.7. The van der Waals surface area contributed by atoms with Crippen molar-refractivity contribution in [3.63, 3.8) is 0 Å². The van der Waals surface area contributed by atoms with Gasteiger partial charge < -0.3 is 15.0 Å². The summed E-state index contributed by atoms with van der Waals surface area (Å²) in [6.07, 6.45) is 3.69. The molecular weight excluding hydrogens is 334 g/mol. The highest BCUT2D eigenvalue weighted by atomic mass is 32.1. The molecule has 25 heavy (non-hydrogen) atoms. The number of ether oxygens (including phenoxy) is 1. The Labute approximate surface area is 152 Å². The van der Waals surface area contributed by atoms with Crippen LogP contribution in [0.15, 0.2) is 18.2 Å². The number of nitrogens with zero attached hydrogens (tertiary/aromatic N) is 2. The van der Waals surface area contributed by atoms with Crippen LogP contribution in [0.4, 0.5) is 5.13 Å². The summed E-state index contributed by atoms with van der Waals surface area (Å²) >= 11 is 1.76.